The zero-order valence-corrected chi connectivity index (χ0v) is 12.7. The van der Waals surface area contributed by atoms with E-state index in [9.17, 15) is 9.59 Å². The first-order valence-electron chi connectivity index (χ1n) is 6.53. The van der Waals surface area contributed by atoms with Crippen molar-refractivity contribution in [2.24, 2.45) is 0 Å². The molecule has 1 aliphatic heterocycles. The number of carbonyl (C=O) groups is 2. The van der Waals surface area contributed by atoms with E-state index in [0.717, 1.165) is 18.4 Å². The standard InChI is InChI=1S/C14H15Cl2NO4/c15-10-4-3-9(6-11(10)16)12-2-1-5-17(12)13(18)7-21-8-14(19)20/h3-4,6,12H,1-2,5,7-8H2,(H,19,20). The summed E-state index contributed by atoms with van der Waals surface area (Å²) in [5.41, 5.74) is 0.925. The van der Waals surface area contributed by atoms with E-state index in [0.29, 0.717) is 16.6 Å². The van der Waals surface area contributed by atoms with Crippen LogP contribution in [0.2, 0.25) is 10.0 Å². The number of rotatable bonds is 5. The van der Waals surface area contributed by atoms with Gasteiger partial charge in [-0.2, -0.15) is 0 Å². The van der Waals surface area contributed by atoms with Gasteiger partial charge in [0.05, 0.1) is 16.1 Å². The molecule has 1 unspecified atom stereocenters. The van der Waals surface area contributed by atoms with Crippen molar-refractivity contribution < 1.29 is 19.4 Å². The van der Waals surface area contributed by atoms with E-state index in [4.69, 9.17) is 33.0 Å². The summed E-state index contributed by atoms with van der Waals surface area (Å²) < 4.78 is 4.86. The molecule has 0 spiro atoms. The Morgan fingerprint density at radius 3 is 2.71 bits per heavy atom. The monoisotopic (exact) mass is 331 g/mol. The Hall–Kier alpha value is -1.30. The second-order valence-electron chi connectivity index (χ2n) is 4.81. The summed E-state index contributed by atoms with van der Waals surface area (Å²) in [6.45, 7) is -0.0820. The summed E-state index contributed by atoms with van der Waals surface area (Å²) in [4.78, 5) is 24.2. The molecule has 0 saturated carbocycles. The number of hydrogen-bond donors (Lipinski definition) is 1. The number of ether oxygens (including phenoxy) is 1. The van der Waals surface area contributed by atoms with E-state index in [1.54, 1.807) is 17.0 Å². The normalized spacial score (nSPS) is 18.0. The zero-order chi connectivity index (χ0) is 15.4. The Balaban J connectivity index is 2.03. The third-order valence-corrected chi connectivity index (χ3v) is 4.09. The molecule has 5 nitrogen and oxygen atoms in total. The highest BCUT2D eigenvalue weighted by molar-refractivity contribution is 6.42. The lowest BCUT2D eigenvalue weighted by molar-refractivity contribution is -0.146. The summed E-state index contributed by atoms with van der Waals surface area (Å²) in [6, 6.07) is 5.25. The van der Waals surface area contributed by atoms with Crippen LogP contribution in [-0.4, -0.2) is 41.6 Å². The summed E-state index contributed by atoms with van der Waals surface area (Å²) in [6.07, 6.45) is 1.72. The molecule has 7 heteroatoms. The number of carboxylic acids is 1. The Morgan fingerprint density at radius 1 is 1.29 bits per heavy atom. The van der Waals surface area contributed by atoms with Crippen molar-refractivity contribution in [3.8, 4) is 0 Å². The minimum Gasteiger partial charge on any atom is -0.480 e. The van der Waals surface area contributed by atoms with Crippen molar-refractivity contribution in [3.63, 3.8) is 0 Å². The smallest absolute Gasteiger partial charge is 0.329 e. The van der Waals surface area contributed by atoms with Gasteiger partial charge in [-0.3, -0.25) is 4.79 Å². The van der Waals surface area contributed by atoms with Crippen molar-refractivity contribution in [1.29, 1.82) is 0 Å². The maximum absolute atomic E-state index is 12.1. The highest BCUT2D eigenvalue weighted by Crippen LogP contribution is 2.34. The molecular weight excluding hydrogens is 317 g/mol. The average molecular weight is 332 g/mol. The van der Waals surface area contributed by atoms with Gasteiger partial charge in [0.2, 0.25) is 5.91 Å². The fraction of sp³-hybridized carbons (Fsp3) is 0.429. The van der Waals surface area contributed by atoms with Crippen molar-refractivity contribution in [1.82, 2.24) is 4.90 Å². The van der Waals surface area contributed by atoms with Crippen LogP contribution < -0.4 is 0 Å². The van der Waals surface area contributed by atoms with Crippen LogP contribution in [0.1, 0.15) is 24.4 Å². The molecule has 1 aromatic rings. The van der Waals surface area contributed by atoms with Crippen LogP contribution in [-0.2, 0) is 14.3 Å². The first-order chi connectivity index (χ1) is 9.99. The second kappa shape index (κ2) is 7.11. The van der Waals surface area contributed by atoms with Crippen molar-refractivity contribution in [2.45, 2.75) is 18.9 Å². The van der Waals surface area contributed by atoms with Gasteiger partial charge in [-0.1, -0.05) is 29.3 Å². The van der Waals surface area contributed by atoms with Gasteiger partial charge in [0, 0.05) is 6.54 Å². The molecule has 1 amide bonds. The van der Waals surface area contributed by atoms with Crippen LogP contribution in [0.4, 0.5) is 0 Å². The van der Waals surface area contributed by atoms with Gasteiger partial charge >= 0.3 is 5.97 Å². The Kier molecular flexibility index (Phi) is 5.45. The topological polar surface area (TPSA) is 66.8 Å². The van der Waals surface area contributed by atoms with Crippen LogP contribution in [0.15, 0.2) is 18.2 Å². The summed E-state index contributed by atoms with van der Waals surface area (Å²) >= 11 is 11.9. The summed E-state index contributed by atoms with van der Waals surface area (Å²) in [7, 11) is 0. The SMILES string of the molecule is O=C(O)COCC(=O)N1CCCC1c1ccc(Cl)c(Cl)c1. The number of carboxylic acid groups (broad SMARTS) is 1. The summed E-state index contributed by atoms with van der Waals surface area (Å²) in [5, 5.41) is 9.43. The number of nitrogens with zero attached hydrogens (tertiary/aromatic N) is 1. The molecule has 1 aromatic carbocycles. The number of amides is 1. The predicted molar refractivity (Wildman–Crippen MR) is 78.6 cm³/mol. The van der Waals surface area contributed by atoms with E-state index in [-0.39, 0.29) is 18.6 Å². The van der Waals surface area contributed by atoms with Gasteiger partial charge in [-0.15, -0.1) is 0 Å². The van der Waals surface area contributed by atoms with E-state index >= 15 is 0 Å². The maximum Gasteiger partial charge on any atom is 0.329 e. The van der Waals surface area contributed by atoms with Gasteiger partial charge in [0.15, 0.2) is 0 Å². The predicted octanol–water partition coefficient (Wildman–Crippen LogP) is 2.76. The van der Waals surface area contributed by atoms with Gasteiger partial charge in [-0.25, -0.2) is 4.79 Å². The molecule has 114 valence electrons. The first-order valence-corrected chi connectivity index (χ1v) is 7.28. The molecule has 1 heterocycles. The third-order valence-electron chi connectivity index (χ3n) is 3.35. The number of benzene rings is 1. The maximum atomic E-state index is 12.1. The van der Waals surface area contributed by atoms with E-state index in [1.165, 1.54) is 0 Å². The molecular formula is C14H15Cl2NO4. The van der Waals surface area contributed by atoms with Crippen LogP contribution in [0, 0.1) is 0 Å². The molecule has 1 saturated heterocycles. The van der Waals surface area contributed by atoms with Gasteiger partial charge in [-0.05, 0) is 30.5 Å². The molecule has 1 atom stereocenters. The van der Waals surface area contributed by atoms with E-state index in [2.05, 4.69) is 0 Å². The molecule has 21 heavy (non-hydrogen) atoms. The fourth-order valence-corrected chi connectivity index (χ4v) is 2.75. The largest absolute Gasteiger partial charge is 0.480 e. The second-order valence-corrected chi connectivity index (χ2v) is 5.62. The molecule has 2 rings (SSSR count). The van der Waals surface area contributed by atoms with Gasteiger partial charge in [0.1, 0.15) is 13.2 Å². The molecule has 0 aliphatic carbocycles. The minimum atomic E-state index is -1.09. The Labute approximate surface area is 132 Å². The molecule has 0 radical (unpaired) electrons. The average Bonchev–Trinajstić information content (AvgIpc) is 2.90. The lowest BCUT2D eigenvalue weighted by Gasteiger charge is -2.25. The van der Waals surface area contributed by atoms with Gasteiger partial charge in [0.25, 0.3) is 0 Å². The van der Waals surface area contributed by atoms with Gasteiger partial charge < -0.3 is 14.7 Å². The van der Waals surface area contributed by atoms with Crippen molar-refractivity contribution in [2.75, 3.05) is 19.8 Å². The summed E-state index contributed by atoms with van der Waals surface area (Å²) in [5.74, 6) is -1.31. The highest BCUT2D eigenvalue weighted by atomic mass is 35.5. The Morgan fingerprint density at radius 2 is 2.05 bits per heavy atom. The number of likely N-dealkylation sites (tertiary alicyclic amines) is 1. The fourth-order valence-electron chi connectivity index (χ4n) is 2.44. The van der Waals surface area contributed by atoms with Crippen LogP contribution in [0.25, 0.3) is 0 Å². The third kappa shape index (κ3) is 4.09. The molecule has 1 aliphatic rings. The lowest BCUT2D eigenvalue weighted by atomic mass is 10.0. The number of aliphatic carboxylic acids is 1. The number of hydrogen-bond acceptors (Lipinski definition) is 3. The van der Waals surface area contributed by atoms with Crippen LogP contribution >= 0.6 is 23.2 Å². The molecule has 0 bridgehead atoms. The number of carbonyl (C=O) groups excluding carboxylic acids is 1. The van der Waals surface area contributed by atoms with E-state index in [1.807, 2.05) is 6.07 Å². The minimum absolute atomic E-state index is 0.0688. The van der Waals surface area contributed by atoms with Crippen LogP contribution in [0.3, 0.4) is 0 Å². The Bertz CT molecular complexity index is 550. The van der Waals surface area contributed by atoms with E-state index < -0.39 is 12.6 Å². The van der Waals surface area contributed by atoms with Crippen LogP contribution in [0.5, 0.6) is 0 Å². The quantitative estimate of drug-likeness (QED) is 0.900. The molecule has 1 N–H and O–H groups in total. The molecule has 0 aromatic heterocycles. The highest BCUT2D eigenvalue weighted by Gasteiger charge is 2.30. The molecule has 1 fully saturated rings. The zero-order valence-electron chi connectivity index (χ0n) is 11.2. The van der Waals surface area contributed by atoms with Crippen molar-refractivity contribution >= 4 is 35.1 Å². The lowest BCUT2D eigenvalue weighted by Crippen LogP contribution is -2.34. The number of halogens is 2. The van der Waals surface area contributed by atoms with Crippen molar-refractivity contribution in [3.05, 3.63) is 33.8 Å². The first kappa shape index (κ1) is 16.1.